The van der Waals surface area contributed by atoms with Crippen molar-refractivity contribution in [2.75, 3.05) is 7.05 Å². The summed E-state index contributed by atoms with van der Waals surface area (Å²) in [6, 6.07) is 25.9. The minimum absolute atomic E-state index is 0.0177. The summed E-state index contributed by atoms with van der Waals surface area (Å²) in [4.78, 5) is 28.4. The molecule has 35 heavy (non-hydrogen) atoms. The van der Waals surface area contributed by atoms with Gasteiger partial charge in [0.15, 0.2) is 0 Å². The van der Waals surface area contributed by atoms with Crippen molar-refractivity contribution in [3.05, 3.63) is 107 Å². The Morgan fingerprint density at radius 3 is 2.11 bits per heavy atom. The first-order chi connectivity index (χ1) is 16.7. The molecule has 4 heteroatoms. The number of nitrogens with zero attached hydrogens (tertiary/aromatic N) is 1. The lowest BCUT2D eigenvalue weighted by atomic mass is 9.86. The van der Waals surface area contributed by atoms with E-state index in [9.17, 15) is 9.59 Å². The molecule has 0 aromatic heterocycles. The monoisotopic (exact) mass is 470 g/mol. The van der Waals surface area contributed by atoms with Crippen LogP contribution in [0.5, 0.6) is 0 Å². The normalized spacial score (nSPS) is 12.1. The van der Waals surface area contributed by atoms with Crippen molar-refractivity contribution in [2.45, 2.75) is 65.0 Å². The fraction of sp³-hybridized carbons (Fsp3) is 0.355. The molecule has 0 saturated heterocycles. The van der Waals surface area contributed by atoms with Gasteiger partial charge in [-0.25, -0.2) is 0 Å². The van der Waals surface area contributed by atoms with Crippen LogP contribution in [0.4, 0.5) is 0 Å². The molecule has 4 nitrogen and oxygen atoms in total. The Morgan fingerprint density at radius 1 is 0.857 bits per heavy atom. The Balaban J connectivity index is 1.84. The molecule has 3 aromatic carbocycles. The lowest BCUT2D eigenvalue weighted by Crippen LogP contribution is -2.49. The smallest absolute Gasteiger partial charge is 0.242 e. The fourth-order valence-electron chi connectivity index (χ4n) is 4.29. The molecule has 0 spiro atoms. The van der Waals surface area contributed by atoms with Crippen molar-refractivity contribution in [3.63, 3.8) is 0 Å². The summed E-state index contributed by atoms with van der Waals surface area (Å²) in [5, 5.41) is 2.78. The molecular weight excluding hydrogens is 432 g/mol. The van der Waals surface area contributed by atoms with Crippen LogP contribution >= 0.6 is 0 Å². The zero-order valence-electron chi connectivity index (χ0n) is 21.7. The van der Waals surface area contributed by atoms with Gasteiger partial charge in [0.1, 0.15) is 6.04 Å². The quantitative estimate of drug-likeness (QED) is 0.442. The van der Waals surface area contributed by atoms with Gasteiger partial charge in [-0.2, -0.15) is 0 Å². The highest BCUT2D eigenvalue weighted by Gasteiger charge is 2.29. The van der Waals surface area contributed by atoms with E-state index in [1.54, 1.807) is 11.9 Å². The van der Waals surface area contributed by atoms with Crippen LogP contribution in [-0.2, 0) is 34.4 Å². The number of amides is 2. The molecule has 1 N–H and O–H groups in total. The molecule has 0 unspecified atom stereocenters. The van der Waals surface area contributed by atoms with Crippen LogP contribution in [0, 0.1) is 6.92 Å². The predicted molar refractivity (Wildman–Crippen MR) is 143 cm³/mol. The van der Waals surface area contributed by atoms with Gasteiger partial charge in [-0.3, -0.25) is 9.59 Å². The van der Waals surface area contributed by atoms with Crippen molar-refractivity contribution in [2.24, 2.45) is 0 Å². The minimum atomic E-state index is -0.585. The van der Waals surface area contributed by atoms with Crippen molar-refractivity contribution >= 4 is 11.8 Å². The van der Waals surface area contributed by atoms with Gasteiger partial charge in [0.05, 0.1) is 0 Å². The zero-order chi connectivity index (χ0) is 25.4. The van der Waals surface area contributed by atoms with Gasteiger partial charge >= 0.3 is 0 Å². The number of carbonyl (C=O) groups is 2. The number of carbonyl (C=O) groups excluding carboxylic acids is 2. The summed E-state index contributed by atoms with van der Waals surface area (Å²) in [6.45, 7) is 9.02. The van der Waals surface area contributed by atoms with Crippen molar-refractivity contribution in [3.8, 4) is 0 Å². The average molecular weight is 471 g/mol. The van der Waals surface area contributed by atoms with Gasteiger partial charge < -0.3 is 10.2 Å². The van der Waals surface area contributed by atoms with Gasteiger partial charge in [-0.15, -0.1) is 0 Å². The number of nitrogens with one attached hydrogen (secondary N) is 1. The SMILES string of the molecule is CNC(=O)[C@@H](Cc1ccccc1)N(Cc1cccc(C)c1)C(=O)CCc1ccc(C(C)(C)C)cc1. The van der Waals surface area contributed by atoms with E-state index in [0.29, 0.717) is 25.8 Å². The van der Waals surface area contributed by atoms with Crippen molar-refractivity contribution < 1.29 is 9.59 Å². The Morgan fingerprint density at radius 2 is 1.51 bits per heavy atom. The standard InChI is InChI=1S/C31H38N2O2/c1-23-10-9-13-26(20-23)22-33(28(30(35)32-5)21-25-11-7-6-8-12-25)29(34)19-16-24-14-17-27(18-15-24)31(2,3)4/h6-15,17-18,20,28H,16,19,21-22H2,1-5H3,(H,32,35)/t28-/m1/s1. The Labute approximate surface area is 210 Å². The highest BCUT2D eigenvalue weighted by atomic mass is 16.2. The molecule has 0 aliphatic carbocycles. The first kappa shape index (κ1) is 26.2. The second kappa shape index (κ2) is 11.8. The van der Waals surface area contributed by atoms with Crippen molar-refractivity contribution in [1.82, 2.24) is 10.2 Å². The molecule has 1 atom stereocenters. The minimum Gasteiger partial charge on any atom is -0.357 e. The lowest BCUT2D eigenvalue weighted by molar-refractivity contribution is -0.141. The summed E-state index contributed by atoms with van der Waals surface area (Å²) in [6.07, 6.45) is 1.46. The molecule has 0 bridgehead atoms. The molecule has 3 rings (SSSR count). The van der Waals surface area contributed by atoms with E-state index in [1.807, 2.05) is 55.5 Å². The number of benzene rings is 3. The number of hydrogen-bond acceptors (Lipinski definition) is 2. The van der Waals surface area contributed by atoms with Gasteiger partial charge in [-0.05, 0) is 41.0 Å². The van der Waals surface area contributed by atoms with E-state index >= 15 is 0 Å². The summed E-state index contributed by atoms with van der Waals surface area (Å²) < 4.78 is 0. The Bertz CT molecular complexity index is 1110. The highest BCUT2D eigenvalue weighted by molar-refractivity contribution is 5.88. The third-order valence-corrected chi connectivity index (χ3v) is 6.40. The van der Waals surface area contributed by atoms with E-state index in [-0.39, 0.29) is 17.2 Å². The topological polar surface area (TPSA) is 49.4 Å². The molecule has 0 heterocycles. The number of aryl methyl sites for hydroxylation is 2. The molecule has 184 valence electrons. The first-order valence-corrected chi connectivity index (χ1v) is 12.4. The Kier molecular flexibility index (Phi) is 8.86. The number of rotatable bonds is 9. The summed E-state index contributed by atoms with van der Waals surface area (Å²) in [5.74, 6) is -0.166. The molecular formula is C31H38N2O2. The summed E-state index contributed by atoms with van der Waals surface area (Å²) in [7, 11) is 1.63. The second-order valence-electron chi connectivity index (χ2n) is 10.3. The zero-order valence-corrected chi connectivity index (χ0v) is 21.7. The number of likely N-dealkylation sites (N-methyl/N-ethyl adjacent to an activating group) is 1. The maximum Gasteiger partial charge on any atom is 0.242 e. The van der Waals surface area contributed by atoms with Gasteiger partial charge in [-0.1, -0.05) is 105 Å². The molecule has 0 aliphatic rings. The molecule has 0 fully saturated rings. The van der Waals surface area contributed by atoms with Crippen LogP contribution in [0.1, 0.15) is 55.0 Å². The maximum atomic E-state index is 13.6. The van der Waals surface area contributed by atoms with Crippen LogP contribution in [0.25, 0.3) is 0 Å². The third kappa shape index (κ3) is 7.54. The lowest BCUT2D eigenvalue weighted by Gasteiger charge is -2.31. The third-order valence-electron chi connectivity index (χ3n) is 6.40. The summed E-state index contributed by atoms with van der Waals surface area (Å²) >= 11 is 0. The molecule has 0 radical (unpaired) electrons. The molecule has 0 saturated carbocycles. The fourth-order valence-corrected chi connectivity index (χ4v) is 4.29. The van der Waals surface area contributed by atoms with Crippen LogP contribution in [0.15, 0.2) is 78.9 Å². The van der Waals surface area contributed by atoms with Crippen LogP contribution < -0.4 is 5.32 Å². The number of hydrogen-bond donors (Lipinski definition) is 1. The average Bonchev–Trinajstić information content (AvgIpc) is 2.84. The van der Waals surface area contributed by atoms with Crippen LogP contribution in [-0.4, -0.2) is 29.8 Å². The van der Waals surface area contributed by atoms with E-state index in [2.05, 4.69) is 56.4 Å². The summed E-state index contributed by atoms with van der Waals surface area (Å²) in [5.41, 5.74) is 5.68. The van der Waals surface area contributed by atoms with E-state index in [4.69, 9.17) is 0 Å². The van der Waals surface area contributed by atoms with Gasteiger partial charge in [0.2, 0.25) is 11.8 Å². The predicted octanol–water partition coefficient (Wildman–Crippen LogP) is 5.61. The highest BCUT2D eigenvalue weighted by Crippen LogP contribution is 2.23. The van der Waals surface area contributed by atoms with Crippen molar-refractivity contribution in [1.29, 1.82) is 0 Å². The molecule has 0 aliphatic heterocycles. The largest absolute Gasteiger partial charge is 0.357 e. The second-order valence-corrected chi connectivity index (χ2v) is 10.3. The maximum absolute atomic E-state index is 13.6. The van der Waals surface area contributed by atoms with Crippen LogP contribution in [0.2, 0.25) is 0 Å². The Hall–Kier alpha value is -3.40. The van der Waals surface area contributed by atoms with Gasteiger partial charge in [0, 0.05) is 26.4 Å². The van der Waals surface area contributed by atoms with E-state index < -0.39 is 6.04 Å². The van der Waals surface area contributed by atoms with Gasteiger partial charge in [0.25, 0.3) is 0 Å². The van der Waals surface area contributed by atoms with Crippen LogP contribution in [0.3, 0.4) is 0 Å². The first-order valence-electron chi connectivity index (χ1n) is 12.4. The van der Waals surface area contributed by atoms with E-state index in [0.717, 1.165) is 22.3 Å². The molecule has 2 amide bonds. The van der Waals surface area contributed by atoms with E-state index in [1.165, 1.54) is 5.56 Å². The molecule has 3 aromatic rings.